The molecule has 1 saturated heterocycles. The third-order valence-electron chi connectivity index (χ3n) is 4.83. The Hall–Kier alpha value is -2.27. The fourth-order valence-corrected chi connectivity index (χ4v) is 5.40. The number of para-hydroxylation sites is 1. The van der Waals surface area contributed by atoms with E-state index in [0.29, 0.717) is 11.5 Å². The first kappa shape index (κ1) is 16.2. The zero-order chi connectivity index (χ0) is 17.3. The van der Waals surface area contributed by atoms with Crippen molar-refractivity contribution in [3.8, 4) is 11.4 Å². The van der Waals surface area contributed by atoms with Crippen molar-refractivity contribution in [1.29, 1.82) is 0 Å². The standard InChI is InChI=1S/C20H20N2O2S/c23-25(24)13-12-15(14-25)10-11-19-17-8-4-5-9-18(17)21-20(22-19)16-6-2-1-3-7-16/h1-9,15H,10-14H2. The lowest BCUT2D eigenvalue weighted by atomic mass is 9.99. The zero-order valence-electron chi connectivity index (χ0n) is 13.9. The molecule has 0 aliphatic carbocycles. The SMILES string of the molecule is O=S1(=O)CCC(CCc2nc(-c3ccccc3)nc3ccccc23)C1. The molecule has 1 unspecified atom stereocenters. The number of hydrogen-bond acceptors (Lipinski definition) is 4. The maximum atomic E-state index is 11.7. The van der Waals surface area contributed by atoms with Gasteiger partial charge in [-0.25, -0.2) is 18.4 Å². The molecule has 25 heavy (non-hydrogen) atoms. The van der Waals surface area contributed by atoms with Crippen LogP contribution in [0.25, 0.3) is 22.3 Å². The number of aryl methyl sites for hydroxylation is 1. The normalized spacial score (nSPS) is 19.3. The number of rotatable bonds is 4. The average molecular weight is 352 g/mol. The molecule has 5 heteroatoms. The van der Waals surface area contributed by atoms with E-state index in [9.17, 15) is 8.42 Å². The predicted octanol–water partition coefficient (Wildman–Crippen LogP) is 3.66. The van der Waals surface area contributed by atoms with Crippen LogP contribution in [0.15, 0.2) is 54.6 Å². The Morgan fingerprint density at radius 3 is 2.48 bits per heavy atom. The molecule has 4 rings (SSSR count). The van der Waals surface area contributed by atoms with Gasteiger partial charge < -0.3 is 0 Å². The molecule has 1 atom stereocenters. The van der Waals surface area contributed by atoms with Crippen molar-refractivity contribution in [3.05, 3.63) is 60.3 Å². The highest BCUT2D eigenvalue weighted by Gasteiger charge is 2.27. The minimum Gasteiger partial charge on any atom is -0.232 e. The van der Waals surface area contributed by atoms with Gasteiger partial charge in [0, 0.05) is 10.9 Å². The Bertz CT molecular complexity index is 1000. The Balaban J connectivity index is 1.67. The molecule has 0 spiro atoms. The molecule has 0 N–H and O–H groups in total. The van der Waals surface area contributed by atoms with Crippen LogP contribution in [0.1, 0.15) is 18.5 Å². The van der Waals surface area contributed by atoms with Crippen molar-refractivity contribution in [2.45, 2.75) is 19.3 Å². The lowest BCUT2D eigenvalue weighted by Crippen LogP contribution is -2.07. The lowest BCUT2D eigenvalue weighted by molar-refractivity contribution is 0.540. The van der Waals surface area contributed by atoms with Gasteiger partial charge in [0.25, 0.3) is 0 Å². The molecule has 1 fully saturated rings. The highest BCUT2D eigenvalue weighted by atomic mass is 32.2. The van der Waals surface area contributed by atoms with Crippen LogP contribution in [0.2, 0.25) is 0 Å². The molecule has 1 aliphatic rings. The van der Waals surface area contributed by atoms with Crippen LogP contribution in [0.4, 0.5) is 0 Å². The van der Waals surface area contributed by atoms with Gasteiger partial charge in [0.2, 0.25) is 0 Å². The van der Waals surface area contributed by atoms with E-state index in [2.05, 4.69) is 0 Å². The quantitative estimate of drug-likeness (QED) is 0.719. The highest BCUT2D eigenvalue weighted by molar-refractivity contribution is 7.91. The first-order valence-electron chi connectivity index (χ1n) is 8.62. The van der Waals surface area contributed by atoms with Crippen molar-refractivity contribution >= 4 is 20.7 Å². The molecule has 2 aromatic carbocycles. The summed E-state index contributed by atoms with van der Waals surface area (Å²) in [5, 5.41) is 1.06. The van der Waals surface area contributed by atoms with Crippen molar-refractivity contribution in [2.75, 3.05) is 11.5 Å². The van der Waals surface area contributed by atoms with Crippen molar-refractivity contribution in [2.24, 2.45) is 5.92 Å². The van der Waals surface area contributed by atoms with Crippen LogP contribution in [-0.2, 0) is 16.3 Å². The summed E-state index contributed by atoms with van der Waals surface area (Å²) in [6, 6.07) is 18.0. The minimum absolute atomic E-state index is 0.249. The third-order valence-corrected chi connectivity index (χ3v) is 6.67. The Morgan fingerprint density at radius 2 is 1.72 bits per heavy atom. The summed E-state index contributed by atoms with van der Waals surface area (Å²) in [6.07, 6.45) is 2.41. The van der Waals surface area contributed by atoms with Crippen LogP contribution < -0.4 is 0 Å². The molecule has 4 nitrogen and oxygen atoms in total. The van der Waals surface area contributed by atoms with Crippen LogP contribution in [0.3, 0.4) is 0 Å². The number of benzene rings is 2. The topological polar surface area (TPSA) is 59.9 Å². The number of hydrogen-bond donors (Lipinski definition) is 0. The fourth-order valence-electron chi connectivity index (χ4n) is 3.49. The third kappa shape index (κ3) is 3.56. The molecule has 2 heterocycles. The summed E-state index contributed by atoms with van der Waals surface area (Å²) in [4.78, 5) is 9.51. The summed E-state index contributed by atoms with van der Waals surface area (Å²) < 4.78 is 23.4. The van der Waals surface area contributed by atoms with Crippen molar-refractivity contribution in [1.82, 2.24) is 9.97 Å². The van der Waals surface area contributed by atoms with E-state index < -0.39 is 9.84 Å². The number of fused-ring (bicyclic) bond motifs is 1. The van der Waals surface area contributed by atoms with Gasteiger partial charge in [-0.1, -0.05) is 48.5 Å². The largest absolute Gasteiger partial charge is 0.232 e. The molecule has 3 aromatic rings. The van der Waals surface area contributed by atoms with Gasteiger partial charge in [0.15, 0.2) is 15.7 Å². The van der Waals surface area contributed by atoms with E-state index in [0.717, 1.165) is 47.2 Å². The predicted molar refractivity (Wildman–Crippen MR) is 100 cm³/mol. The van der Waals surface area contributed by atoms with Gasteiger partial charge >= 0.3 is 0 Å². The molecular weight excluding hydrogens is 332 g/mol. The molecule has 0 bridgehead atoms. The molecule has 0 radical (unpaired) electrons. The number of aromatic nitrogens is 2. The van der Waals surface area contributed by atoms with Crippen molar-refractivity contribution in [3.63, 3.8) is 0 Å². The highest BCUT2D eigenvalue weighted by Crippen LogP contribution is 2.26. The summed E-state index contributed by atoms with van der Waals surface area (Å²) in [5.74, 6) is 1.63. The first-order valence-corrected chi connectivity index (χ1v) is 10.4. The van der Waals surface area contributed by atoms with Gasteiger partial charge in [-0.3, -0.25) is 0 Å². The first-order chi connectivity index (χ1) is 12.1. The smallest absolute Gasteiger partial charge is 0.160 e. The van der Waals surface area contributed by atoms with Gasteiger partial charge in [0.05, 0.1) is 22.7 Å². The zero-order valence-corrected chi connectivity index (χ0v) is 14.7. The van der Waals surface area contributed by atoms with E-state index in [4.69, 9.17) is 9.97 Å². The minimum atomic E-state index is -2.83. The number of sulfone groups is 1. The maximum absolute atomic E-state index is 11.7. The van der Waals surface area contributed by atoms with Gasteiger partial charge in [-0.2, -0.15) is 0 Å². The number of nitrogens with zero attached hydrogens (tertiary/aromatic N) is 2. The molecule has 1 aliphatic heterocycles. The molecule has 0 saturated carbocycles. The molecule has 0 amide bonds. The van der Waals surface area contributed by atoms with Crippen LogP contribution in [0, 0.1) is 5.92 Å². The summed E-state index contributed by atoms with van der Waals surface area (Å²) >= 11 is 0. The Kier molecular flexibility index (Phi) is 4.25. The Labute approximate surface area is 147 Å². The van der Waals surface area contributed by atoms with Gasteiger partial charge in [-0.15, -0.1) is 0 Å². The van der Waals surface area contributed by atoms with E-state index in [1.165, 1.54) is 0 Å². The molecule has 128 valence electrons. The van der Waals surface area contributed by atoms with E-state index in [1.807, 2.05) is 54.6 Å². The molecular formula is C20H20N2O2S. The summed E-state index contributed by atoms with van der Waals surface area (Å²) in [5.41, 5.74) is 2.94. The summed E-state index contributed by atoms with van der Waals surface area (Å²) in [6.45, 7) is 0. The Morgan fingerprint density at radius 1 is 0.960 bits per heavy atom. The maximum Gasteiger partial charge on any atom is 0.160 e. The average Bonchev–Trinajstić information content (AvgIpc) is 2.99. The van der Waals surface area contributed by atoms with Crippen LogP contribution in [0.5, 0.6) is 0 Å². The summed E-state index contributed by atoms with van der Waals surface area (Å²) in [7, 11) is -2.83. The monoisotopic (exact) mass is 352 g/mol. The van der Waals surface area contributed by atoms with E-state index in [-0.39, 0.29) is 5.92 Å². The second kappa shape index (κ2) is 6.56. The second-order valence-electron chi connectivity index (χ2n) is 6.68. The molecule has 1 aromatic heterocycles. The van der Waals surface area contributed by atoms with Gasteiger partial charge in [0.1, 0.15) is 0 Å². The van der Waals surface area contributed by atoms with Gasteiger partial charge in [-0.05, 0) is 31.2 Å². The van der Waals surface area contributed by atoms with E-state index >= 15 is 0 Å². The second-order valence-corrected chi connectivity index (χ2v) is 8.91. The van der Waals surface area contributed by atoms with Crippen LogP contribution in [-0.4, -0.2) is 29.9 Å². The van der Waals surface area contributed by atoms with E-state index in [1.54, 1.807) is 0 Å². The lowest BCUT2D eigenvalue weighted by Gasteiger charge is -2.11. The fraction of sp³-hybridized carbons (Fsp3) is 0.300. The van der Waals surface area contributed by atoms with Crippen molar-refractivity contribution < 1.29 is 8.42 Å². The van der Waals surface area contributed by atoms with Crippen LogP contribution >= 0.6 is 0 Å².